The predicted molar refractivity (Wildman–Crippen MR) is 84.1 cm³/mol. The summed E-state index contributed by atoms with van der Waals surface area (Å²) in [5, 5.41) is 21.6. The van der Waals surface area contributed by atoms with Crippen molar-refractivity contribution in [2.24, 2.45) is 0 Å². The van der Waals surface area contributed by atoms with E-state index in [1.54, 1.807) is 74.8 Å². The largest absolute Gasteiger partial charge is 0.386 e. The molecule has 0 saturated heterocycles. The summed E-state index contributed by atoms with van der Waals surface area (Å²) in [6.45, 7) is 3.30. The van der Waals surface area contributed by atoms with E-state index in [1.165, 1.54) is 0 Å². The Morgan fingerprint density at radius 2 is 1.43 bits per heavy atom. The number of aromatic nitrogens is 1. The van der Waals surface area contributed by atoms with Crippen LogP contribution in [0, 0.1) is 0 Å². The van der Waals surface area contributed by atoms with Gasteiger partial charge in [-0.05, 0) is 55.3 Å². The molecule has 4 heteroatoms. The maximum absolute atomic E-state index is 11.1. The Hall–Kier alpha value is -1.68. The molecule has 2 aromatic rings. The summed E-state index contributed by atoms with van der Waals surface area (Å²) in [6, 6.07) is 10.4. The van der Waals surface area contributed by atoms with E-state index < -0.39 is 11.2 Å². The first-order valence-electron chi connectivity index (χ1n) is 6.63. The van der Waals surface area contributed by atoms with Crippen molar-refractivity contribution in [2.75, 3.05) is 0 Å². The zero-order valence-electron chi connectivity index (χ0n) is 12.0. The molecule has 3 nitrogen and oxygen atoms in total. The number of pyridine rings is 1. The van der Waals surface area contributed by atoms with Crippen LogP contribution in [0.1, 0.15) is 25.0 Å². The number of hydrogen-bond donors (Lipinski definition) is 2. The molecular formula is C17H18ClNO2. The van der Waals surface area contributed by atoms with Crippen LogP contribution in [0.15, 0.2) is 60.9 Å². The minimum atomic E-state index is -1.35. The van der Waals surface area contributed by atoms with E-state index >= 15 is 0 Å². The molecule has 0 spiro atoms. The van der Waals surface area contributed by atoms with E-state index in [4.69, 9.17) is 11.6 Å². The average Bonchev–Trinajstić information content (AvgIpc) is 2.46. The first-order chi connectivity index (χ1) is 9.81. The summed E-state index contributed by atoms with van der Waals surface area (Å²) >= 11 is 5.91. The molecule has 110 valence electrons. The smallest absolute Gasteiger partial charge is 0.133 e. The maximum Gasteiger partial charge on any atom is 0.133 e. The van der Waals surface area contributed by atoms with Gasteiger partial charge in [0.2, 0.25) is 0 Å². The number of halogens is 1. The van der Waals surface area contributed by atoms with Crippen molar-refractivity contribution in [3.05, 3.63) is 77.1 Å². The Bertz CT molecular complexity index is 617. The second-order valence-corrected chi connectivity index (χ2v) is 5.93. The molecule has 1 atom stereocenters. The fourth-order valence-electron chi connectivity index (χ4n) is 1.99. The molecule has 0 amide bonds. The van der Waals surface area contributed by atoms with Gasteiger partial charge in [-0.15, -0.1) is 0 Å². The van der Waals surface area contributed by atoms with Crippen molar-refractivity contribution >= 4 is 11.6 Å². The zero-order chi connectivity index (χ0) is 15.5. The maximum atomic E-state index is 11.1. The van der Waals surface area contributed by atoms with Gasteiger partial charge < -0.3 is 10.2 Å². The van der Waals surface area contributed by atoms with Crippen LogP contribution >= 0.6 is 11.6 Å². The Labute approximate surface area is 129 Å². The van der Waals surface area contributed by atoms with Gasteiger partial charge in [0.1, 0.15) is 5.60 Å². The number of hydrogen-bond acceptors (Lipinski definition) is 3. The van der Waals surface area contributed by atoms with Gasteiger partial charge in [-0.3, -0.25) is 4.98 Å². The summed E-state index contributed by atoms with van der Waals surface area (Å²) in [5.41, 5.74) is -1.04. The SMILES string of the molecule is CC(C)(O)/C=C/[C@@](O)(c1ccncc1)c1ccc(Cl)cc1. The van der Waals surface area contributed by atoms with Crippen LogP contribution in [-0.4, -0.2) is 20.8 Å². The fraction of sp³-hybridized carbons (Fsp3) is 0.235. The van der Waals surface area contributed by atoms with Gasteiger partial charge in [0, 0.05) is 17.4 Å². The first-order valence-corrected chi connectivity index (χ1v) is 7.01. The van der Waals surface area contributed by atoms with E-state index in [9.17, 15) is 10.2 Å². The third-order valence-corrected chi connectivity index (χ3v) is 3.39. The summed E-state index contributed by atoms with van der Waals surface area (Å²) in [5.74, 6) is 0. The Morgan fingerprint density at radius 1 is 0.905 bits per heavy atom. The molecule has 0 unspecified atom stereocenters. The van der Waals surface area contributed by atoms with Crippen LogP contribution in [0.25, 0.3) is 0 Å². The normalized spacial score (nSPS) is 15.1. The highest BCUT2D eigenvalue weighted by Gasteiger charge is 2.29. The molecule has 1 heterocycles. The lowest BCUT2D eigenvalue weighted by Gasteiger charge is -2.27. The van der Waals surface area contributed by atoms with Crippen molar-refractivity contribution in [2.45, 2.75) is 25.0 Å². The Balaban J connectivity index is 2.54. The molecule has 0 radical (unpaired) electrons. The molecule has 0 aliphatic heterocycles. The second-order valence-electron chi connectivity index (χ2n) is 5.50. The number of benzene rings is 1. The molecular weight excluding hydrogens is 286 g/mol. The third-order valence-electron chi connectivity index (χ3n) is 3.14. The van der Waals surface area contributed by atoms with Gasteiger partial charge in [-0.2, -0.15) is 0 Å². The molecule has 0 saturated carbocycles. The van der Waals surface area contributed by atoms with Crippen LogP contribution < -0.4 is 0 Å². The highest BCUT2D eigenvalue weighted by atomic mass is 35.5. The third kappa shape index (κ3) is 3.91. The van der Waals surface area contributed by atoms with Crippen LogP contribution in [-0.2, 0) is 5.60 Å². The van der Waals surface area contributed by atoms with Crippen LogP contribution in [0.3, 0.4) is 0 Å². The minimum Gasteiger partial charge on any atom is -0.386 e. The summed E-state index contributed by atoms with van der Waals surface area (Å²) in [7, 11) is 0. The summed E-state index contributed by atoms with van der Waals surface area (Å²) < 4.78 is 0. The monoisotopic (exact) mass is 303 g/mol. The lowest BCUT2D eigenvalue weighted by molar-refractivity contribution is 0.115. The molecule has 21 heavy (non-hydrogen) atoms. The van der Waals surface area contributed by atoms with Gasteiger partial charge in [0.25, 0.3) is 0 Å². The summed E-state index contributed by atoms with van der Waals surface area (Å²) in [6.07, 6.45) is 6.40. The van der Waals surface area contributed by atoms with Crippen molar-refractivity contribution in [3.63, 3.8) is 0 Å². The first kappa shape index (κ1) is 15.7. The van der Waals surface area contributed by atoms with E-state index in [0.717, 1.165) is 0 Å². The molecule has 0 aliphatic rings. The molecule has 0 aliphatic carbocycles. The lowest BCUT2D eigenvalue weighted by atomic mass is 9.85. The van der Waals surface area contributed by atoms with Crippen molar-refractivity contribution in [1.82, 2.24) is 4.98 Å². The molecule has 1 aromatic heterocycles. The van der Waals surface area contributed by atoms with Gasteiger partial charge >= 0.3 is 0 Å². The van der Waals surface area contributed by atoms with Crippen LogP contribution in [0.5, 0.6) is 0 Å². The summed E-state index contributed by atoms with van der Waals surface area (Å²) in [4.78, 5) is 3.97. The molecule has 2 N–H and O–H groups in total. The molecule has 0 bridgehead atoms. The zero-order valence-corrected chi connectivity index (χ0v) is 12.7. The molecule has 1 aromatic carbocycles. The fourth-order valence-corrected chi connectivity index (χ4v) is 2.12. The van der Waals surface area contributed by atoms with Crippen molar-refractivity contribution in [3.8, 4) is 0 Å². The van der Waals surface area contributed by atoms with Crippen molar-refractivity contribution < 1.29 is 10.2 Å². The van der Waals surface area contributed by atoms with Crippen LogP contribution in [0.2, 0.25) is 5.02 Å². The van der Waals surface area contributed by atoms with Gasteiger partial charge in [-0.25, -0.2) is 0 Å². The number of rotatable bonds is 4. The topological polar surface area (TPSA) is 53.4 Å². The number of aliphatic hydroxyl groups is 2. The molecule has 0 fully saturated rings. The highest BCUT2D eigenvalue weighted by molar-refractivity contribution is 6.30. The van der Waals surface area contributed by atoms with E-state index in [0.29, 0.717) is 16.1 Å². The van der Waals surface area contributed by atoms with Gasteiger partial charge in [-0.1, -0.05) is 29.8 Å². The quantitative estimate of drug-likeness (QED) is 0.852. The lowest BCUT2D eigenvalue weighted by Crippen LogP contribution is -2.26. The minimum absolute atomic E-state index is 0.599. The standard InChI is InChI=1S/C17H18ClNO2/c1-16(2,20)9-10-17(21,14-7-11-19-12-8-14)13-3-5-15(18)6-4-13/h3-12,20-21H,1-2H3/b10-9+/t17-/m0/s1. The number of nitrogens with zero attached hydrogens (tertiary/aromatic N) is 1. The van der Waals surface area contributed by atoms with E-state index in [-0.39, 0.29) is 0 Å². The van der Waals surface area contributed by atoms with E-state index in [1.807, 2.05) is 0 Å². The Morgan fingerprint density at radius 3 is 1.95 bits per heavy atom. The second kappa shape index (κ2) is 5.98. The van der Waals surface area contributed by atoms with Crippen molar-refractivity contribution in [1.29, 1.82) is 0 Å². The average molecular weight is 304 g/mol. The van der Waals surface area contributed by atoms with Gasteiger partial charge in [0.15, 0.2) is 0 Å². The van der Waals surface area contributed by atoms with Crippen LogP contribution in [0.4, 0.5) is 0 Å². The highest BCUT2D eigenvalue weighted by Crippen LogP contribution is 2.32. The predicted octanol–water partition coefficient (Wildman–Crippen LogP) is 3.30. The molecule has 2 rings (SSSR count). The van der Waals surface area contributed by atoms with E-state index in [2.05, 4.69) is 4.98 Å². The van der Waals surface area contributed by atoms with Gasteiger partial charge in [0.05, 0.1) is 5.60 Å². The Kier molecular flexibility index (Phi) is 4.47.